The molecule has 1 saturated carbocycles. The molecule has 7 heteroatoms. The van der Waals surface area contributed by atoms with Crippen LogP contribution in [0.25, 0.3) is 0 Å². The molecule has 0 aromatic heterocycles. The Morgan fingerprint density at radius 1 is 1.04 bits per heavy atom. The molecule has 0 unspecified atom stereocenters. The summed E-state index contributed by atoms with van der Waals surface area (Å²) in [5.74, 6) is -4.73. The summed E-state index contributed by atoms with van der Waals surface area (Å²) in [7, 11) is 0. The predicted octanol–water partition coefficient (Wildman–Crippen LogP) is -0.659. The Labute approximate surface area is 132 Å². The molecule has 23 heavy (non-hydrogen) atoms. The van der Waals surface area contributed by atoms with Gasteiger partial charge in [-0.15, -0.1) is 0 Å². The Kier molecular flexibility index (Phi) is 3.77. The molecule has 0 heterocycles. The second-order valence-corrected chi connectivity index (χ2v) is 5.78. The molecule has 7 nitrogen and oxygen atoms in total. The summed E-state index contributed by atoms with van der Waals surface area (Å²) in [5.41, 5.74) is 4.46. The van der Waals surface area contributed by atoms with E-state index in [1.165, 1.54) is 12.1 Å². The molecule has 2 bridgehead atoms. The first-order valence-electron chi connectivity index (χ1n) is 7.26. The van der Waals surface area contributed by atoms with Crippen molar-refractivity contribution in [3.8, 4) is 5.75 Å². The van der Waals surface area contributed by atoms with Gasteiger partial charge in [-0.05, 0) is 30.4 Å². The monoisotopic (exact) mass is 315 g/mol. The Morgan fingerprint density at radius 2 is 1.70 bits per heavy atom. The number of hydrogen-bond donors (Lipinski definition) is 3. The SMILES string of the molecule is O=C(NNC(=O)[C@H]1[C@@H](C(=O)[O-])[C@H]2C=C[C@@H]1C2)c1ccccc1O. The number of fused-ring (bicyclic) bond motifs is 2. The van der Waals surface area contributed by atoms with E-state index in [1.807, 2.05) is 6.08 Å². The summed E-state index contributed by atoms with van der Waals surface area (Å²) in [6, 6.07) is 5.89. The highest BCUT2D eigenvalue weighted by Gasteiger charge is 2.48. The Hall–Kier alpha value is -2.83. The fourth-order valence-electron chi connectivity index (χ4n) is 3.44. The van der Waals surface area contributed by atoms with Crippen molar-refractivity contribution in [2.75, 3.05) is 0 Å². The highest BCUT2D eigenvalue weighted by atomic mass is 16.4. The molecule has 1 aromatic carbocycles. The van der Waals surface area contributed by atoms with Crippen LogP contribution in [0.3, 0.4) is 0 Å². The van der Waals surface area contributed by atoms with Gasteiger partial charge in [0.1, 0.15) is 5.75 Å². The van der Waals surface area contributed by atoms with Gasteiger partial charge in [0, 0.05) is 11.9 Å². The second-order valence-electron chi connectivity index (χ2n) is 5.78. The first-order valence-corrected chi connectivity index (χ1v) is 7.26. The summed E-state index contributed by atoms with van der Waals surface area (Å²) in [4.78, 5) is 35.5. The normalized spacial score (nSPS) is 27.7. The number of carbonyl (C=O) groups is 3. The molecule has 120 valence electrons. The maximum atomic E-state index is 12.3. The molecule has 0 radical (unpaired) electrons. The Morgan fingerprint density at radius 3 is 2.35 bits per heavy atom. The van der Waals surface area contributed by atoms with Crippen molar-refractivity contribution >= 4 is 17.8 Å². The number of hydrazine groups is 1. The molecule has 0 spiro atoms. The average Bonchev–Trinajstić information content (AvgIpc) is 3.13. The molecule has 3 N–H and O–H groups in total. The minimum absolute atomic E-state index is 0.0112. The van der Waals surface area contributed by atoms with Gasteiger partial charge in [0.25, 0.3) is 5.91 Å². The van der Waals surface area contributed by atoms with E-state index in [1.54, 1.807) is 18.2 Å². The zero-order valence-electron chi connectivity index (χ0n) is 12.1. The minimum atomic E-state index is -1.26. The molecule has 2 amide bonds. The van der Waals surface area contributed by atoms with Crippen LogP contribution < -0.4 is 16.0 Å². The molecule has 4 atom stereocenters. The van der Waals surface area contributed by atoms with Gasteiger partial charge in [-0.3, -0.25) is 20.4 Å². The van der Waals surface area contributed by atoms with Gasteiger partial charge in [-0.25, -0.2) is 0 Å². The molecule has 1 aromatic rings. The molecule has 2 aliphatic carbocycles. The van der Waals surface area contributed by atoms with Crippen LogP contribution in [0.4, 0.5) is 0 Å². The Bertz CT molecular complexity index is 699. The summed E-state index contributed by atoms with van der Waals surface area (Å²) in [5, 5.41) is 20.9. The molecule has 3 rings (SSSR count). The van der Waals surface area contributed by atoms with Crippen LogP contribution in [0, 0.1) is 23.7 Å². The van der Waals surface area contributed by atoms with Crippen LogP contribution in [-0.2, 0) is 9.59 Å². The summed E-state index contributed by atoms with van der Waals surface area (Å²) >= 11 is 0. The van der Waals surface area contributed by atoms with E-state index < -0.39 is 29.6 Å². The van der Waals surface area contributed by atoms with Crippen molar-refractivity contribution in [2.24, 2.45) is 23.7 Å². The van der Waals surface area contributed by atoms with Crippen molar-refractivity contribution in [2.45, 2.75) is 6.42 Å². The summed E-state index contributed by atoms with van der Waals surface area (Å²) in [6.45, 7) is 0. The number of phenols is 1. The third-order valence-electron chi connectivity index (χ3n) is 4.48. The number of aromatic hydroxyl groups is 1. The lowest BCUT2D eigenvalue weighted by Crippen LogP contribution is -2.50. The first kappa shape index (κ1) is 15.1. The van der Waals surface area contributed by atoms with E-state index in [0.29, 0.717) is 6.42 Å². The third-order valence-corrected chi connectivity index (χ3v) is 4.48. The quantitative estimate of drug-likeness (QED) is 0.505. The lowest BCUT2D eigenvalue weighted by atomic mass is 9.82. The van der Waals surface area contributed by atoms with Gasteiger partial charge >= 0.3 is 0 Å². The second kappa shape index (κ2) is 5.75. The first-order chi connectivity index (χ1) is 11.0. The van der Waals surface area contributed by atoms with Crippen LogP contribution in [0.2, 0.25) is 0 Å². The topological polar surface area (TPSA) is 119 Å². The average molecular weight is 315 g/mol. The fraction of sp³-hybridized carbons (Fsp3) is 0.312. The maximum Gasteiger partial charge on any atom is 0.273 e. The number of hydrogen-bond acceptors (Lipinski definition) is 5. The number of allylic oxidation sites excluding steroid dienone is 2. The number of benzene rings is 1. The van der Waals surface area contributed by atoms with Crippen molar-refractivity contribution in [3.05, 3.63) is 42.0 Å². The number of carbonyl (C=O) groups excluding carboxylic acids is 3. The summed E-state index contributed by atoms with van der Waals surface area (Å²) < 4.78 is 0. The molecular weight excluding hydrogens is 300 g/mol. The lowest BCUT2D eigenvalue weighted by molar-refractivity contribution is -0.313. The lowest BCUT2D eigenvalue weighted by Gasteiger charge is -2.27. The fourth-order valence-corrected chi connectivity index (χ4v) is 3.44. The number of carboxylic acids is 1. The number of amides is 2. The van der Waals surface area contributed by atoms with Crippen molar-refractivity contribution in [1.82, 2.24) is 10.9 Å². The number of nitrogens with one attached hydrogen (secondary N) is 2. The van der Waals surface area contributed by atoms with Gasteiger partial charge in [0.15, 0.2) is 0 Å². The van der Waals surface area contributed by atoms with E-state index in [9.17, 15) is 24.6 Å². The largest absolute Gasteiger partial charge is 0.550 e. The van der Waals surface area contributed by atoms with Crippen LogP contribution in [0.5, 0.6) is 5.75 Å². The van der Waals surface area contributed by atoms with Gasteiger partial charge in [0.2, 0.25) is 5.91 Å². The van der Waals surface area contributed by atoms with Gasteiger partial charge in [-0.1, -0.05) is 24.3 Å². The zero-order valence-corrected chi connectivity index (χ0v) is 12.1. The van der Waals surface area contributed by atoms with E-state index in [4.69, 9.17) is 0 Å². The number of phenolic OH excluding ortho intramolecular Hbond substituents is 1. The van der Waals surface area contributed by atoms with Gasteiger partial charge in [0.05, 0.1) is 11.5 Å². The number of para-hydroxylation sites is 1. The van der Waals surface area contributed by atoms with Crippen molar-refractivity contribution < 1.29 is 24.6 Å². The number of aliphatic carboxylic acids is 1. The molecule has 0 saturated heterocycles. The van der Waals surface area contributed by atoms with Crippen LogP contribution in [0.15, 0.2) is 36.4 Å². The highest BCUT2D eigenvalue weighted by molar-refractivity contribution is 5.98. The number of rotatable bonds is 3. The maximum absolute atomic E-state index is 12.3. The molecule has 2 aliphatic rings. The molecule has 0 aliphatic heterocycles. The number of carboxylic acid groups (broad SMARTS) is 1. The predicted molar refractivity (Wildman–Crippen MR) is 76.4 cm³/mol. The smallest absolute Gasteiger partial charge is 0.273 e. The van der Waals surface area contributed by atoms with E-state index in [0.717, 1.165) is 0 Å². The van der Waals surface area contributed by atoms with E-state index in [-0.39, 0.29) is 23.1 Å². The van der Waals surface area contributed by atoms with E-state index >= 15 is 0 Å². The minimum Gasteiger partial charge on any atom is -0.550 e. The van der Waals surface area contributed by atoms with Gasteiger partial charge in [-0.2, -0.15) is 0 Å². The van der Waals surface area contributed by atoms with E-state index in [2.05, 4.69) is 10.9 Å². The van der Waals surface area contributed by atoms with Crippen molar-refractivity contribution in [3.63, 3.8) is 0 Å². The standard InChI is InChI=1S/C16H16N2O5/c19-11-4-2-1-3-10(11)14(20)17-18-15(21)12-8-5-6-9(7-8)13(12)16(22)23/h1-6,8-9,12-13,19H,7H2,(H,17,20)(H,18,21)(H,22,23)/p-1/t8-,9+,12-,13+/m1/s1. The van der Waals surface area contributed by atoms with Gasteiger partial charge < -0.3 is 15.0 Å². The molecular formula is C16H15N2O5-. The van der Waals surface area contributed by atoms with Crippen LogP contribution in [0.1, 0.15) is 16.8 Å². The zero-order chi connectivity index (χ0) is 16.6. The van der Waals surface area contributed by atoms with Crippen LogP contribution >= 0.6 is 0 Å². The summed E-state index contributed by atoms with van der Waals surface area (Å²) in [6.07, 6.45) is 4.23. The van der Waals surface area contributed by atoms with Crippen LogP contribution in [-0.4, -0.2) is 22.9 Å². The van der Waals surface area contributed by atoms with Crippen molar-refractivity contribution in [1.29, 1.82) is 0 Å². The Balaban J connectivity index is 1.66. The highest BCUT2D eigenvalue weighted by Crippen LogP contribution is 2.47. The third kappa shape index (κ3) is 2.65. The molecule has 1 fully saturated rings.